The van der Waals surface area contributed by atoms with Crippen molar-refractivity contribution < 1.29 is 9.53 Å². The van der Waals surface area contributed by atoms with Crippen molar-refractivity contribution >= 4 is 17.3 Å². The minimum atomic E-state index is -0.614. The third-order valence-corrected chi connectivity index (χ3v) is 4.97. The van der Waals surface area contributed by atoms with Gasteiger partial charge in [-0.2, -0.15) is 0 Å². The van der Waals surface area contributed by atoms with Crippen LogP contribution in [-0.4, -0.2) is 41.3 Å². The summed E-state index contributed by atoms with van der Waals surface area (Å²) in [5.74, 6) is -0.557. The van der Waals surface area contributed by atoms with Crippen LogP contribution < -0.4 is 21.5 Å². The third-order valence-electron chi connectivity index (χ3n) is 4.97. The molecule has 8 nitrogen and oxygen atoms in total. The lowest BCUT2D eigenvalue weighted by molar-refractivity contribution is 0.0941. The number of nitrogens with one attached hydrogen (secondary N) is 2. The van der Waals surface area contributed by atoms with Crippen LogP contribution in [0, 0.1) is 0 Å². The Morgan fingerprint density at radius 2 is 1.96 bits per heavy atom. The van der Waals surface area contributed by atoms with E-state index in [1.54, 1.807) is 12.1 Å². The highest BCUT2D eigenvalue weighted by Gasteiger charge is 2.20. The van der Waals surface area contributed by atoms with Crippen LogP contribution in [-0.2, 0) is 11.3 Å². The standard InChI is InChI=1S/C20H26N4O4/c1-3-23(4-2)15-9-7-14(8-10-15)22-18(25)17-12-21-20(27)24(19(17)26)13-16-6-5-11-28-16/h7-10,12,16H,3-6,11,13H2,1-2H3,(H,21,27)(H,22,25). The second-order valence-electron chi connectivity index (χ2n) is 6.73. The molecule has 150 valence electrons. The average molecular weight is 386 g/mol. The van der Waals surface area contributed by atoms with E-state index >= 15 is 0 Å². The van der Waals surface area contributed by atoms with E-state index in [2.05, 4.69) is 29.0 Å². The Balaban J connectivity index is 1.77. The monoisotopic (exact) mass is 386 g/mol. The summed E-state index contributed by atoms with van der Waals surface area (Å²) in [4.78, 5) is 41.9. The summed E-state index contributed by atoms with van der Waals surface area (Å²) in [6, 6.07) is 7.43. The number of hydrogen-bond acceptors (Lipinski definition) is 5. The number of aromatic amines is 1. The number of carbonyl (C=O) groups excluding carboxylic acids is 1. The predicted octanol–water partition coefficient (Wildman–Crippen LogP) is 1.81. The molecule has 2 heterocycles. The maximum Gasteiger partial charge on any atom is 0.328 e. The van der Waals surface area contributed by atoms with Crippen molar-refractivity contribution in [3.8, 4) is 0 Å². The first-order valence-electron chi connectivity index (χ1n) is 9.64. The number of anilines is 2. The SMILES string of the molecule is CCN(CC)c1ccc(NC(=O)c2c[nH]c(=O)n(CC3CCCO3)c2=O)cc1. The maximum atomic E-state index is 12.7. The molecule has 8 heteroatoms. The van der Waals surface area contributed by atoms with Crippen LogP contribution in [0.25, 0.3) is 0 Å². The first-order valence-corrected chi connectivity index (χ1v) is 9.64. The van der Waals surface area contributed by atoms with E-state index in [-0.39, 0.29) is 18.2 Å². The highest BCUT2D eigenvalue weighted by atomic mass is 16.5. The number of amides is 1. The van der Waals surface area contributed by atoms with Crippen molar-refractivity contribution in [1.82, 2.24) is 9.55 Å². The molecule has 0 aliphatic carbocycles. The highest BCUT2D eigenvalue weighted by molar-refractivity contribution is 6.03. The highest BCUT2D eigenvalue weighted by Crippen LogP contribution is 2.18. The number of nitrogens with zero attached hydrogens (tertiary/aromatic N) is 2. The Morgan fingerprint density at radius 1 is 1.25 bits per heavy atom. The summed E-state index contributed by atoms with van der Waals surface area (Å²) < 4.78 is 6.53. The third kappa shape index (κ3) is 4.33. The average Bonchev–Trinajstić information content (AvgIpc) is 3.20. The Labute approximate surface area is 163 Å². The van der Waals surface area contributed by atoms with E-state index < -0.39 is 17.2 Å². The molecule has 1 aromatic carbocycles. The van der Waals surface area contributed by atoms with E-state index in [1.807, 2.05) is 12.1 Å². The maximum absolute atomic E-state index is 12.7. The normalized spacial score (nSPS) is 16.1. The van der Waals surface area contributed by atoms with Gasteiger partial charge in [-0.05, 0) is 51.0 Å². The molecule has 1 unspecified atom stereocenters. The van der Waals surface area contributed by atoms with Gasteiger partial charge in [-0.25, -0.2) is 4.79 Å². The Kier molecular flexibility index (Phi) is 6.30. The number of hydrogen-bond donors (Lipinski definition) is 2. The topological polar surface area (TPSA) is 96.4 Å². The van der Waals surface area contributed by atoms with Crippen LogP contribution in [0.1, 0.15) is 37.0 Å². The fourth-order valence-corrected chi connectivity index (χ4v) is 3.37. The van der Waals surface area contributed by atoms with Crippen LogP contribution in [0.2, 0.25) is 0 Å². The summed E-state index contributed by atoms with van der Waals surface area (Å²) >= 11 is 0. The fraction of sp³-hybridized carbons (Fsp3) is 0.450. The molecule has 1 amide bonds. The van der Waals surface area contributed by atoms with Gasteiger partial charge in [0.15, 0.2) is 0 Å². The molecule has 0 saturated carbocycles. The van der Waals surface area contributed by atoms with Crippen molar-refractivity contribution in [2.45, 2.75) is 39.3 Å². The van der Waals surface area contributed by atoms with Gasteiger partial charge in [-0.15, -0.1) is 0 Å². The van der Waals surface area contributed by atoms with E-state index in [0.717, 1.165) is 42.4 Å². The summed E-state index contributed by atoms with van der Waals surface area (Å²) in [5.41, 5.74) is 0.380. The van der Waals surface area contributed by atoms with Crippen molar-refractivity contribution in [3.05, 3.63) is 56.9 Å². The molecule has 0 radical (unpaired) electrons. The number of carbonyl (C=O) groups is 1. The quantitative estimate of drug-likeness (QED) is 0.757. The number of aromatic nitrogens is 2. The van der Waals surface area contributed by atoms with Gasteiger partial charge < -0.3 is 19.9 Å². The second-order valence-corrected chi connectivity index (χ2v) is 6.73. The summed E-state index contributed by atoms with van der Waals surface area (Å²) in [5, 5.41) is 2.72. The molecule has 1 aromatic heterocycles. The van der Waals surface area contributed by atoms with Crippen molar-refractivity contribution in [2.75, 3.05) is 29.9 Å². The van der Waals surface area contributed by atoms with Gasteiger partial charge in [0, 0.05) is 37.3 Å². The van der Waals surface area contributed by atoms with E-state index in [9.17, 15) is 14.4 Å². The lowest BCUT2D eigenvalue weighted by Crippen LogP contribution is -2.41. The molecule has 2 aromatic rings. The van der Waals surface area contributed by atoms with Gasteiger partial charge >= 0.3 is 5.69 Å². The zero-order valence-electron chi connectivity index (χ0n) is 16.2. The van der Waals surface area contributed by atoms with E-state index in [1.165, 1.54) is 0 Å². The number of rotatable bonds is 7. The van der Waals surface area contributed by atoms with Crippen molar-refractivity contribution in [1.29, 1.82) is 0 Å². The smallest absolute Gasteiger partial charge is 0.328 e. The first-order chi connectivity index (χ1) is 13.5. The van der Waals surface area contributed by atoms with Crippen LogP contribution in [0.15, 0.2) is 40.1 Å². The lowest BCUT2D eigenvalue weighted by atomic mass is 10.2. The van der Waals surface area contributed by atoms with Gasteiger partial charge in [0.1, 0.15) is 5.56 Å². The summed E-state index contributed by atoms with van der Waals surface area (Å²) in [6.07, 6.45) is 2.68. The minimum absolute atomic E-state index is 0.106. The Morgan fingerprint density at radius 3 is 2.57 bits per heavy atom. The Bertz CT molecular complexity index is 922. The van der Waals surface area contributed by atoms with Crippen molar-refractivity contribution in [3.63, 3.8) is 0 Å². The van der Waals surface area contributed by atoms with Gasteiger partial charge in [0.2, 0.25) is 0 Å². The van der Waals surface area contributed by atoms with Crippen LogP contribution in [0.5, 0.6) is 0 Å². The molecule has 3 rings (SSSR count). The molecule has 0 spiro atoms. The minimum Gasteiger partial charge on any atom is -0.376 e. The van der Waals surface area contributed by atoms with Gasteiger partial charge in [0.05, 0.1) is 12.6 Å². The molecule has 28 heavy (non-hydrogen) atoms. The Hall–Kier alpha value is -2.87. The zero-order chi connectivity index (χ0) is 20.1. The molecular formula is C20H26N4O4. The summed E-state index contributed by atoms with van der Waals surface area (Å²) in [6.45, 7) is 6.72. The zero-order valence-corrected chi connectivity index (χ0v) is 16.2. The fourth-order valence-electron chi connectivity index (χ4n) is 3.37. The van der Waals surface area contributed by atoms with Gasteiger partial charge in [0.25, 0.3) is 11.5 Å². The predicted molar refractivity (Wildman–Crippen MR) is 108 cm³/mol. The van der Waals surface area contributed by atoms with E-state index in [4.69, 9.17) is 4.74 Å². The molecule has 2 N–H and O–H groups in total. The van der Waals surface area contributed by atoms with Gasteiger partial charge in [-0.1, -0.05) is 0 Å². The molecular weight excluding hydrogens is 360 g/mol. The molecule has 0 bridgehead atoms. The van der Waals surface area contributed by atoms with Gasteiger partial charge in [-0.3, -0.25) is 14.2 Å². The molecule has 1 saturated heterocycles. The first kappa shape index (κ1) is 19.9. The molecule has 1 atom stereocenters. The van der Waals surface area contributed by atoms with Crippen LogP contribution >= 0.6 is 0 Å². The summed E-state index contributed by atoms with van der Waals surface area (Å²) in [7, 11) is 0. The molecule has 1 aliphatic heterocycles. The van der Waals surface area contributed by atoms with Crippen LogP contribution in [0.4, 0.5) is 11.4 Å². The number of benzene rings is 1. The van der Waals surface area contributed by atoms with Crippen LogP contribution in [0.3, 0.4) is 0 Å². The number of ether oxygens (including phenoxy) is 1. The second kappa shape index (κ2) is 8.88. The van der Waals surface area contributed by atoms with Crippen molar-refractivity contribution in [2.24, 2.45) is 0 Å². The molecule has 1 aliphatic rings. The van der Waals surface area contributed by atoms with E-state index in [0.29, 0.717) is 12.3 Å². The number of H-pyrrole nitrogens is 1. The largest absolute Gasteiger partial charge is 0.376 e. The lowest BCUT2D eigenvalue weighted by Gasteiger charge is -2.21. The molecule has 1 fully saturated rings.